The molecule has 0 radical (unpaired) electrons. The highest BCUT2D eigenvalue weighted by molar-refractivity contribution is 6.56. The Kier molecular flexibility index (Phi) is 6.74. The van der Waals surface area contributed by atoms with Crippen LogP contribution >= 0.6 is 0 Å². The maximum absolute atomic E-state index is 13.6. The number of nitrogens with zero attached hydrogens (tertiary/aromatic N) is 3. The predicted octanol–water partition coefficient (Wildman–Crippen LogP) is 5.82. The Hall–Kier alpha value is -3.69. The van der Waals surface area contributed by atoms with Gasteiger partial charge in [0, 0.05) is 36.5 Å². The number of anilines is 2. The topological polar surface area (TPSA) is 65.4 Å². The number of hydrogen-bond donors (Lipinski definition) is 1. The minimum absolute atomic E-state index is 0.0411. The third-order valence-corrected chi connectivity index (χ3v) is 6.77. The van der Waals surface area contributed by atoms with Crippen molar-refractivity contribution < 1.29 is 27.8 Å². The number of likely N-dealkylation sites (tertiary alicyclic amines) is 1. The lowest BCUT2D eigenvalue weighted by Gasteiger charge is -2.25. The van der Waals surface area contributed by atoms with E-state index in [0.29, 0.717) is 35.7 Å². The van der Waals surface area contributed by atoms with E-state index in [-0.39, 0.29) is 23.2 Å². The van der Waals surface area contributed by atoms with Crippen molar-refractivity contribution in [3.05, 3.63) is 83.4 Å². The third-order valence-electron chi connectivity index (χ3n) is 6.77. The summed E-state index contributed by atoms with van der Waals surface area (Å²) < 4.78 is 45.0. The molecule has 0 aromatic heterocycles. The number of ether oxygens (including phenoxy) is 1. The summed E-state index contributed by atoms with van der Waals surface area (Å²) in [5.41, 5.74) is 1.59. The third kappa shape index (κ3) is 4.97. The van der Waals surface area contributed by atoms with Gasteiger partial charge in [0.25, 0.3) is 5.91 Å². The van der Waals surface area contributed by atoms with Crippen LogP contribution in [-0.4, -0.2) is 47.9 Å². The molecule has 2 aliphatic rings. The number of hydrogen-bond acceptors (Lipinski definition) is 5. The summed E-state index contributed by atoms with van der Waals surface area (Å²) in [5.74, 6) is -0.321. The lowest BCUT2D eigenvalue weighted by Crippen LogP contribution is -2.32. The molecule has 3 aromatic rings. The fraction of sp³-hybridized carbons (Fsp3) is 0.286. The number of carbonyl (C=O) groups is 1. The molecular formula is C28H26F3N3O3. The van der Waals surface area contributed by atoms with Crippen LogP contribution in [0, 0.1) is 0 Å². The van der Waals surface area contributed by atoms with E-state index in [0.717, 1.165) is 31.5 Å². The van der Waals surface area contributed by atoms with E-state index in [2.05, 4.69) is 9.89 Å². The van der Waals surface area contributed by atoms with Crippen LogP contribution in [0.5, 0.6) is 5.75 Å². The lowest BCUT2D eigenvalue weighted by molar-refractivity contribution is -0.137. The molecule has 0 unspecified atom stereocenters. The van der Waals surface area contributed by atoms with Crippen LogP contribution in [0.1, 0.15) is 29.5 Å². The summed E-state index contributed by atoms with van der Waals surface area (Å²) >= 11 is 0. The first-order valence-electron chi connectivity index (χ1n) is 12.0. The first kappa shape index (κ1) is 25.0. The molecule has 3 aromatic carbocycles. The summed E-state index contributed by atoms with van der Waals surface area (Å²) in [4.78, 5) is 21.7. The minimum Gasteiger partial charge on any atom is -0.508 e. The van der Waals surface area contributed by atoms with Crippen molar-refractivity contribution >= 4 is 28.7 Å². The second kappa shape index (κ2) is 9.99. The molecule has 192 valence electrons. The molecule has 9 heteroatoms. The average molecular weight is 510 g/mol. The summed E-state index contributed by atoms with van der Waals surface area (Å²) in [5, 5.41) is 10.6. The van der Waals surface area contributed by atoms with Gasteiger partial charge >= 0.3 is 6.18 Å². The van der Waals surface area contributed by atoms with Crippen molar-refractivity contribution in [1.82, 2.24) is 4.90 Å². The van der Waals surface area contributed by atoms with Crippen LogP contribution < -0.4 is 4.90 Å². The fourth-order valence-corrected chi connectivity index (χ4v) is 4.99. The SMILES string of the molecule is COC[C@@H]1CCCN1Cc1cc(N2C(=O)C(=Nc3cccc(C(F)(F)F)c3)c3ccccc32)ccc1O. The Bertz CT molecular complexity index is 1360. The zero-order chi connectivity index (χ0) is 26.2. The van der Waals surface area contributed by atoms with Gasteiger partial charge < -0.3 is 9.84 Å². The molecule has 1 fully saturated rings. The number of phenols is 1. The van der Waals surface area contributed by atoms with Crippen molar-refractivity contribution in [3.63, 3.8) is 0 Å². The second-order valence-corrected chi connectivity index (χ2v) is 9.20. The quantitative estimate of drug-likeness (QED) is 0.455. The monoisotopic (exact) mass is 509 g/mol. The molecule has 0 bridgehead atoms. The first-order chi connectivity index (χ1) is 17.8. The number of halogens is 3. The van der Waals surface area contributed by atoms with Crippen molar-refractivity contribution in [2.75, 3.05) is 25.2 Å². The van der Waals surface area contributed by atoms with Gasteiger partial charge in [-0.1, -0.05) is 24.3 Å². The Balaban J connectivity index is 1.50. The number of aliphatic imine (C=N–C) groups is 1. The molecule has 5 rings (SSSR count). The molecule has 1 N–H and O–H groups in total. The van der Waals surface area contributed by atoms with Gasteiger partial charge in [-0.15, -0.1) is 0 Å². The molecule has 1 amide bonds. The van der Waals surface area contributed by atoms with Gasteiger partial charge in [-0.2, -0.15) is 13.2 Å². The molecule has 2 aliphatic heterocycles. The number of methoxy groups -OCH3 is 1. The molecule has 2 heterocycles. The Morgan fingerprint density at radius 3 is 2.68 bits per heavy atom. The summed E-state index contributed by atoms with van der Waals surface area (Å²) in [6.07, 6.45) is -2.46. The molecule has 0 spiro atoms. The zero-order valence-corrected chi connectivity index (χ0v) is 20.2. The highest BCUT2D eigenvalue weighted by Gasteiger charge is 2.36. The van der Waals surface area contributed by atoms with Gasteiger partial charge in [-0.05, 0) is 61.9 Å². The van der Waals surface area contributed by atoms with E-state index in [4.69, 9.17) is 4.74 Å². The van der Waals surface area contributed by atoms with Crippen LogP contribution in [0.2, 0.25) is 0 Å². The van der Waals surface area contributed by atoms with Gasteiger partial charge in [0.1, 0.15) is 11.5 Å². The molecule has 1 saturated heterocycles. The molecule has 0 saturated carbocycles. The van der Waals surface area contributed by atoms with Crippen LogP contribution in [0.15, 0.2) is 71.7 Å². The van der Waals surface area contributed by atoms with Crippen LogP contribution in [0.4, 0.5) is 30.2 Å². The van der Waals surface area contributed by atoms with Gasteiger partial charge in [0.15, 0.2) is 0 Å². The number of fused-ring (bicyclic) bond motifs is 1. The lowest BCUT2D eigenvalue weighted by atomic mass is 10.1. The molecule has 0 aliphatic carbocycles. The van der Waals surface area contributed by atoms with E-state index in [1.54, 1.807) is 49.6 Å². The number of amides is 1. The summed E-state index contributed by atoms with van der Waals surface area (Å²) in [6, 6.07) is 16.9. The zero-order valence-electron chi connectivity index (χ0n) is 20.2. The van der Waals surface area contributed by atoms with Crippen LogP contribution in [0.25, 0.3) is 0 Å². The number of carbonyl (C=O) groups excluding carboxylic acids is 1. The molecule has 6 nitrogen and oxygen atoms in total. The largest absolute Gasteiger partial charge is 0.508 e. The van der Waals surface area contributed by atoms with E-state index in [1.165, 1.54) is 17.0 Å². The second-order valence-electron chi connectivity index (χ2n) is 9.20. The highest BCUT2D eigenvalue weighted by Crippen LogP contribution is 2.39. The van der Waals surface area contributed by atoms with E-state index < -0.39 is 17.6 Å². The van der Waals surface area contributed by atoms with E-state index >= 15 is 0 Å². The smallest absolute Gasteiger partial charge is 0.416 e. The van der Waals surface area contributed by atoms with E-state index in [9.17, 15) is 23.1 Å². The first-order valence-corrected chi connectivity index (χ1v) is 12.0. The van der Waals surface area contributed by atoms with Crippen molar-refractivity contribution in [2.24, 2.45) is 4.99 Å². The number of benzene rings is 3. The summed E-state index contributed by atoms with van der Waals surface area (Å²) in [7, 11) is 1.67. The highest BCUT2D eigenvalue weighted by atomic mass is 19.4. The standard InChI is InChI=1S/C28H26F3N3O3/c1-37-17-22-8-5-13-33(22)16-18-14-21(11-12-25(18)35)34-24-10-3-2-9-23(24)26(27(34)36)32-20-7-4-6-19(15-20)28(29,30)31/h2-4,6-7,9-12,14-15,22,35H,5,8,13,16-17H2,1H3/t22-/m0/s1. The van der Waals surface area contributed by atoms with E-state index in [1.807, 2.05) is 0 Å². The maximum atomic E-state index is 13.6. The normalized spacial score (nSPS) is 19.1. The molecule has 1 atom stereocenters. The van der Waals surface area contributed by atoms with Gasteiger partial charge in [0.2, 0.25) is 0 Å². The number of rotatable bonds is 6. The van der Waals surface area contributed by atoms with Crippen molar-refractivity contribution in [1.29, 1.82) is 0 Å². The Morgan fingerprint density at radius 2 is 1.89 bits per heavy atom. The Morgan fingerprint density at radius 1 is 1.08 bits per heavy atom. The van der Waals surface area contributed by atoms with Crippen molar-refractivity contribution in [2.45, 2.75) is 31.6 Å². The number of para-hydroxylation sites is 1. The minimum atomic E-state index is -4.51. The van der Waals surface area contributed by atoms with Gasteiger partial charge in [-0.25, -0.2) is 4.99 Å². The van der Waals surface area contributed by atoms with Crippen LogP contribution in [-0.2, 0) is 22.3 Å². The maximum Gasteiger partial charge on any atom is 0.416 e. The van der Waals surface area contributed by atoms with Gasteiger partial charge in [0.05, 0.1) is 23.5 Å². The molecule has 37 heavy (non-hydrogen) atoms. The van der Waals surface area contributed by atoms with Gasteiger partial charge in [-0.3, -0.25) is 14.6 Å². The summed E-state index contributed by atoms with van der Waals surface area (Å²) in [6.45, 7) is 1.99. The fourth-order valence-electron chi connectivity index (χ4n) is 4.99. The molecular weight excluding hydrogens is 483 g/mol. The number of phenolic OH excluding ortho intramolecular Hbond substituents is 1. The number of alkyl halides is 3. The van der Waals surface area contributed by atoms with Crippen molar-refractivity contribution in [3.8, 4) is 5.75 Å². The Labute approximate surface area is 212 Å². The number of aromatic hydroxyl groups is 1. The average Bonchev–Trinajstić information content (AvgIpc) is 3.42. The predicted molar refractivity (Wildman–Crippen MR) is 135 cm³/mol. The van der Waals surface area contributed by atoms with Crippen LogP contribution in [0.3, 0.4) is 0 Å².